The lowest BCUT2D eigenvalue weighted by molar-refractivity contribution is -0.125. The Morgan fingerprint density at radius 3 is 3.17 bits per heavy atom. The van der Waals surface area contributed by atoms with Crippen molar-refractivity contribution in [3.8, 4) is 0 Å². The number of hydrogen-bond donors (Lipinski definition) is 1. The van der Waals surface area contributed by atoms with E-state index in [1.807, 2.05) is 36.4 Å². The Morgan fingerprint density at radius 1 is 1.61 bits per heavy atom. The molecule has 0 aliphatic carbocycles. The van der Waals surface area contributed by atoms with Gasteiger partial charge in [-0.25, -0.2) is 0 Å². The molecule has 1 N–H and O–H groups in total. The van der Waals surface area contributed by atoms with Crippen LogP contribution in [0.15, 0.2) is 28.9 Å². The molecule has 1 aliphatic heterocycles. The molecule has 1 amide bonds. The summed E-state index contributed by atoms with van der Waals surface area (Å²) < 4.78 is 4.99. The van der Waals surface area contributed by atoms with E-state index in [0.29, 0.717) is 24.3 Å². The minimum atomic E-state index is 0.0471. The normalized spacial score (nSPS) is 18.4. The Labute approximate surface area is 135 Å². The van der Waals surface area contributed by atoms with E-state index >= 15 is 0 Å². The van der Waals surface area contributed by atoms with E-state index in [4.69, 9.17) is 4.52 Å². The first kappa shape index (κ1) is 15.5. The average molecular weight is 315 g/mol. The molecule has 0 bridgehead atoms. The Balaban J connectivity index is 1.52. The first-order valence-corrected chi connectivity index (χ1v) is 7.71. The Hall–Kier alpha value is -2.41. The summed E-state index contributed by atoms with van der Waals surface area (Å²) in [6.45, 7) is 3.90. The van der Waals surface area contributed by atoms with Crippen LogP contribution in [0.2, 0.25) is 0 Å². The number of carbonyl (C=O) groups excluding carboxylic acids is 1. The Bertz CT molecular complexity index is 676. The van der Waals surface area contributed by atoms with E-state index in [9.17, 15) is 4.79 Å². The molecular weight excluding hydrogens is 294 g/mol. The number of likely N-dealkylation sites (tertiary alicyclic amines) is 1. The van der Waals surface area contributed by atoms with Crippen LogP contribution in [0.3, 0.4) is 0 Å². The minimum Gasteiger partial charge on any atom is -0.362 e. The van der Waals surface area contributed by atoms with Crippen molar-refractivity contribution in [1.82, 2.24) is 24.9 Å². The zero-order chi connectivity index (χ0) is 16.2. The highest BCUT2D eigenvalue weighted by atomic mass is 16.5. The second-order valence-electron chi connectivity index (χ2n) is 5.83. The first-order chi connectivity index (χ1) is 11.1. The molecule has 0 radical (unpaired) electrons. The number of aromatic nitrogens is 3. The third-order valence-corrected chi connectivity index (χ3v) is 4.09. The second kappa shape index (κ2) is 6.78. The summed E-state index contributed by atoms with van der Waals surface area (Å²) in [6, 6.07) is 4.15. The second-order valence-corrected chi connectivity index (χ2v) is 5.83. The van der Waals surface area contributed by atoms with Gasteiger partial charge in [-0.05, 0) is 31.7 Å². The van der Waals surface area contributed by atoms with Crippen LogP contribution in [-0.4, -0.2) is 57.0 Å². The summed E-state index contributed by atoms with van der Waals surface area (Å²) in [5.41, 5.74) is 0.929. The molecule has 0 spiro atoms. The molecule has 3 heterocycles. The van der Waals surface area contributed by atoms with Gasteiger partial charge < -0.3 is 14.4 Å². The van der Waals surface area contributed by atoms with E-state index in [1.54, 1.807) is 13.0 Å². The predicted molar refractivity (Wildman–Crippen MR) is 85.3 cm³/mol. The SMILES string of the molecule is Cc1nc(CN(C)C2CCN(C(=O)/C=C/c3ccc[nH]3)C2)no1. The van der Waals surface area contributed by atoms with Crippen LogP contribution in [0, 0.1) is 6.92 Å². The fourth-order valence-corrected chi connectivity index (χ4v) is 2.77. The van der Waals surface area contributed by atoms with Gasteiger partial charge in [-0.3, -0.25) is 9.69 Å². The van der Waals surface area contributed by atoms with Crippen LogP contribution < -0.4 is 0 Å². The van der Waals surface area contributed by atoms with Crippen molar-refractivity contribution in [2.45, 2.75) is 25.9 Å². The third-order valence-electron chi connectivity index (χ3n) is 4.09. The van der Waals surface area contributed by atoms with Gasteiger partial charge in [0, 0.05) is 44.0 Å². The predicted octanol–water partition coefficient (Wildman–Crippen LogP) is 1.45. The molecule has 122 valence electrons. The van der Waals surface area contributed by atoms with Gasteiger partial charge in [-0.15, -0.1) is 0 Å². The van der Waals surface area contributed by atoms with E-state index in [1.165, 1.54) is 0 Å². The number of aromatic amines is 1. The Kier molecular flexibility index (Phi) is 4.57. The maximum Gasteiger partial charge on any atom is 0.246 e. The fourth-order valence-electron chi connectivity index (χ4n) is 2.77. The summed E-state index contributed by atoms with van der Waals surface area (Å²) >= 11 is 0. The van der Waals surface area contributed by atoms with Crippen molar-refractivity contribution in [3.63, 3.8) is 0 Å². The number of rotatable bonds is 5. The molecule has 7 heteroatoms. The smallest absolute Gasteiger partial charge is 0.246 e. The fraction of sp³-hybridized carbons (Fsp3) is 0.438. The van der Waals surface area contributed by atoms with Crippen LogP contribution in [0.25, 0.3) is 6.08 Å². The first-order valence-electron chi connectivity index (χ1n) is 7.71. The van der Waals surface area contributed by atoms with E-state index in [2.05, 4.69) is 20.0 Å². The number of nitrogens with one attached hydrogen (secondary N) is 1. The van der Waals surface area contributed by atoms with Gasteiger partial charge in [-0.2, -0.15) is 4.98 Å². The molecule has 2 aromatic heterocycles. The summed E-state index contributed by atoms with van der Waals surface area (Å²) in [5.74, 6) is 1.30. The highest BCUT2D eigenvalue weighted by molar-refractivity contribution is 5.91. The lowest BCUT2D eigenvalue weighted by Crippen LogP contribution is -2.35. The number of aryl methyl sites for hydroxylation is 1. The average Bonchev–Trinajstić information content (AvgIpc) is 3.26. The lowest BCUT2D eigenvalue weighted by atomic mass is 10.2. The molecule has 1 fully saturated rings. The topological polar surface area (TPSA) is 78.3 Å². The monoisotopic (exact) mass is 315 g/mol. The number of H-pyrrole nitrogens is 1. The van der Waals surface area contributed by atoms with Gasteiger partial charge in [0.15, 0.2) is 5.82 Å². The van der Waals surface area contributed by atoms with Crippen molar-refractivity contribution in [3.05, 3.63) is 41.8 Å². The maximum absolute atomic E-state index is 12.2. The summed E-state index contributed by atoms with van der Waals surface area (Å²) in [7, 11) is 2.03. The highest BCUT2D eigenvalue weighted by Crippen LogP contribution is 2.16. The molecule has 0 aromatic carbocycles. The van der Waals surface area contributed by atoms with E-state index in [0.717, 1.165) is 25.2 Å². The van der Waals surface area contributed by atoms with Crippen molar-refractivity contribution in [1.29, 1.82) is 0 Å². The summed E-state index contributed by atoms with van der Waals surface area (Å²) in [5, 5.41) is 3.92. The quantitative estimate of drug-likeness (QED) is 0.845. The van der Waals surface area contributed by atoms with Crippen molar-refractivity contribution >= 4 is 12.0 Å². The molecule has 1 saturated heterocycles. The number of hydrogen-bond acceptors (Lipinski definition) is 5. The number of amides is 1. The van der Waals surface area contributed by atoms with E-state index in [-0.39, 0.29) is 5.91 Å². The van der Waals surface area contributed by atoms with Gasteiger partial charge in [0.1, 0.15) is 0 Å². The molecule has 3 rings (SSSR count). The molecule has 0 saturated carbocycles. The number of carbonyl (C=O) groups is 1. The summed E-state index contributed by atoms with van der Waals surface area (Å²) in [6.07, 6.45) is 6.22. The minimum absolute atomic E-state index is 0.0471. The van der Waals surface area contributed by atoms with Crippen molar-refractivity contribution in [2.75, 3.05) is 20.1 Å². The van der Waals surface area contributed by atoms with Crippen molar-refractivity contribution < 1.29 is 9.32 Å². The molecule has 2 aromatic rings. The van der Waals surface area contributed by atoms with Gasteiger partial charge >= 0.3 is 0 Å². The zero-order valence-electron chi connectivity index (χ0n) is 13.4. The van der Waals surface area contributed by atoms with Crippen LogP contribution in [0.1, 0.15) is 23.8 Å². The van der Waals surface area contributed by atoms with Gasteiger partial charge in [-0.1, -0.05) is 5.16 Å². The van der Waals surface area contributed by atoms with Crippen LogP contribution in [0.4, 0.5) is 0 Å². The summed E-state index contributed by atoms with van der Waals surface area (Å²) in [4.78, 5) is 23.6. The van der Waals surface area contributed by atoms with Crippen LogP contribution in [-0.2, 0) is 11.3 Å². The number of likely N-dealkylation sites (N-methyl/N-ethyl adjacent to an activating group) is 1. The van der Waals surface area contributed by atoms with Crippen LogP contribution >= 0.6 is 0 Å². The van der Waals surface area contributed by atoms with Gasteiger partial charge in [0.2, 0.25) is 11.8 Å². The standard InChI is InChI=1S/C16H21N5O2/c1-12-18-15(19-23-12)11-20(2)14-7-9-21(10-14)16(22)6-5-13-4-3-8-17-13/h3-6,8,14,17H,7,9-11H2,1-2H3/b6-5+. The Morgan fingerprint density at radius 2 is 2.48 bits per heavy atom. The maximum atomic E-state index is 12.2. The van der Waals surface area contributed by atoms with E-state index < -0.39 is 0 Å². The van der Waals surface area contributed by atoms with Gasteiger partial charge in [0.25, 0.3) is 0 Å². The number of nitrogens with zero attached hydrogens (tertiary/aromatic N) is 4. The van der Waals surface area contributed by atoms with Crippen LogP contribution in [0.5, 0.6) is 0 Å². The van der Waals surface area contributed by atoms with Crippen molar-refractivity contribution in [2.24, 2.45) is 0 Å². The lowest BCUT2D eigenvalue weighted by Gasteiger charge is -2.22. The van der Waals surface area contributed by atoms with Gasteiger partial charge in [0.05, 0.1) is 6.54 Å². The zero-order valence-corrected chi connectivity index (χ0v) is 13.4. The molecule has 23 heavy (non-hydrogen) atoms. The largest absolute Gasteiger partial charge is 0.362 e. The molecule has 7 nitrogen and oxygen atoms in total. The molecule has 1 unspecified atom stereocenters. The molecular formula is C16H21N5O2. The molecule has 1 aliphatic rings. The highest BCUT2D eigenvalue weighted by Gasteiger charge is 2.28. The molecule has 1 atom stereocenters. The third kappa shape index (κ3) is 3.87.